The first-order valence-corrected chi connectivity index (χ1v) is 11.3. The van der Waals surface area contributed by atoms with Crippen LogP contribution in [0.4, 0.5) is 5.69 Å². The first-order chi connectivity index (χ1) is 9.58. The van der Waals surface area contributed by atoms with Gasteiger partial charge in [-0.1, -0.05) is 0 Å². The van der Waals surface area contributed by atoms with E-state index in [9.17, 15) is 9.59 Å². The van der Waals surface area contributed by atoms with E-state index in [1.54, 1.807) is 6.07 Å². The fourth-order valence-electron chi connectivity index (χ4n) is 2.44. The number of nitrogen functional groups attached to an aromatic ring is 1. The van der Waals surface area contributed by atoms with Gasteiger partial charge in [-0.2, -0.15) is 0 Å². The topological polar surface area (TPSA) is 69.4 Å². The fraction of sp³-hybridized carbons (Fsp3) is 0.0667. The van der Waals surface area contributed by atoms with Crippen LogP contribution in [-0.4, -0.2) is 11.8 Å². The van der Waals surface area contributed by atoms with Gasteiger partial charge >= 0.3 is 129 Å². The maximum atomic E-state index is 12.3. The molecule has 5 heteroatoms. The molecule has 0 spiro atoms. The second kappa shape index (κ2) is 5.02. The Morgan fingerprint density at radius 3 is 2.50 bits per heavy atom. The average Bonchev–Trinajstić information content (AvgIpc) is 2.70. The first kappa shape index (κ1) is 13.3. The summed E-state index contributed by atoms with van der Waals surface area (Å²) in [7, 11) is 0. The molecule has 0 aliphatic heterocycles. The molecular formula is C15H11HgNO3. The van der Waals surface area contributed by atoms with Gasteiger partial charge in [-0.25, -0.2) is 0 Å². The molecule has 20 heavy (non-hydrogen) atoms. The van der Waals surface area contributed by atoms with Gasteiger partial charge in [-0.05, 0) is 0 Å². The van der Waals surface area contributed by atoms with Crippen molar-refractivity contribution in [1.82, 2.24) is 0 Å². The standard InChI is InChI=1S/C13H8NO.C2H4O2.Hg/c14-8-5-6-10-9-3-1-2-4-11(9)13(15)12(10)7-8;1-2(3)4;/h1-4,6-7H,14H2;1H3,(H,3,4);/q;;+1/p-1. The van der Waals surface area contributed by atoms with Crippen molar-refractivity contribution in [2.24, 2.45) is 0 Å². The van der Waals surface area contributed by atoms with Gasteiger partial charge in [0.15, 0.2) is 0 Å². The Kier molecular flexibility index (Phi) is 3.34. The predicted molar refractivity (Wildman–Crippen MR) is 71.1 cm³/mol. The van der Waals surface area contributed by atoms with Crippen molar-refractivity contribution in [2.45, 2.75) is 6.92 Å². The number of hydrogen-bond donors (Lipinski definition) is 1. The zero-order chi connectivity index (χ0) is 14.3. The fourth-order valence-corrected chi connectivity index (χ4v) is 5.99. The van der Waals surface area contributed by atoms with Gasteiger partial charge in [-0.3, -0.25) is 0 Å². The zero-order valence-corrected chi connectivity index (χ0v) is 16.5. The Balaban J connectivity index is 2.10. The average molecular weight is 454 g/mol. The summed E-state index contributed by atoms with van der Waals surface area (Å²) in [6.07, 6.45) is 0. The van der Waals surface area contributed by atoms with Crippen LogP contribution < -0.4 is 8.81 Å². The van der Waals surface area contributed by atoms with E-state index < -0.39 is 25.0 Å². The minimum atomic E-state index is -2.01. The molecule has 0 saturated heterocycles. The van der Waals surface area contributed by atoms with Gasteiger partial charge in [-0.15, -0.1) is 0 Å². The molecule has 2 aromatic carbocycles. The molecule has 0 bridgehead atoms. The Bertz CT molecular complexity index is 740. The molecule has 96 valence electrons. The number of anilines is 1. The van der Waals surface area contributed by atoms with Crippen LogP contribution in [0.1, 0.15) is 22.8 Å². The van der Waals surface area contributed by atoms with Gasteiger partial charge in [0.1, 0.15) is 0 Å². The molecule has 4 nitrogen and oxygen atoms in total. The van der Waals surface area contributed by atoms with Crippen molar-refractivity contribution in [3.8, 4) is 11.1 Å². The van der Waals surface area contributed by atoms with Crippen LogP contribution in [0.3, 0.4) is 0 Å². The Morgan fingerprint density at radius 2 is 1.80 bits per heavy atom. The van der Waals surface area contributed by atoms with Crippen LogP contribution in [0.5, 0.6) is 0 Å². The van der Waals surface area contributed by atoms with E-state index in [1.165, 1.54) is 6.92 Å². The van der Waals surface area contributed by atoms with Crippen molar-refractivity contribution >= 4 is 20.5 Å². The SMILES string of the molecule is CC(=O)[O][Hg][c]1cc2c(cc1N)C(=O)c1ccccc1-2. The summed E-state index contributed by atoms with van der Waals surface area (Å²) in [5, 5.41) is 0. The Labute approximate surface area is 129 Å². The van der Waals surface area contributed by atoms with Crippen LogP contribution in [0.2, 0.25) is 0 Å². The second-order valence-electron chi connectivity index (χ2n) is 4.75. The van der Waals surface area contributed by atoms with Crippen LogP contribution in [-0.2, 0) is 32.5 Å². The molecule has 3 rings (SSSR count). The third-order valence-corrected chi connectivity index (χ3v) is 9.15. The number of fused-ring (bicyclic) bond motifs is 3. The van der Waals surface area contributed by atoms with Crippen molar-refractivity contribution in [1.29, 1.82) is 0 Å². The van der Waals surface area contributed by atoms with Crippen molar-refractivity contribution < 1.29 is 37.3 Å². The van der Waals surface area contributed by atoms with Crippen molar-refractivity contribution in [3.63, 3.8) is 0 Å². The number of hydrogen-bond acceptors (Lipinski definition) is 4. The van der Waals surface area contributed by atoms with Crippen LogP contribution in [0, 0.1) is 0 Å². The molecular weight excluding hydrogens is 443 g/mol. The predicted octanol–water partition coefficient (Wildman–Crippen LogP) is 1.67. The van der Waals surface area contributed by atoms with Crippen LogP contribution >= 0.6 is 0 Å². The molecule has 0 unspecified atom stereocenters. The maximum absolute atomic E-state index is 12.3. The Hall–Kier alpha value is -1.68. The summed E-state index contributed by atoms with van der Waals surface area (Å²) >= 11 is -2.01. The normalized spacial score (nSPS) is 11.6. The van der Waals surface area contributed by atoms with Gasteiger partial charge < -0.3 is 0 Å². The van der Waals surface area contributed by atoms with Gasteiger partial charge in [0.05, 0.1) is 0 Å². The quantitative estimate of drug-likeness (QED) is 0.473. The number of carbonyl (C=O) groups excluding carboxylic acids is 2. The van der Waals surface area contributed by atoms with E-state index in [-0.39, 0.29) is 11.8 Å². The molecule has 1 aliphatic carbocycles. The van der Waals surface area contributed by atoms with Crippen LogP contribution in [0.25, 0.3) is 11.1 Å². The number of rotatable bonds is 2. The van der Waals surface area contributed by atoms with Crippen molar-refractivity contribution in [2.75, 3.05) is 5.73 Å². The summed E-state index contributed by atoms with van der Waals surface area (Å²) in [5.74, 6) is -0.249. The van der Waals surface area contributed by atoms with Crippen molar-refractivity contribution in [3.05, 3.63) is 47.5 Å². The molecule has 0 heterocycles. The third-order valence-electron chi connectivity index (χ3n) is 3.42. The van der Waals surface area contributed by atoms with E-state index in [0.29, 0.717) is 16.8 Å². The summed E-state index contributed by atoms with van der Waals surface area (Å²) < 4.78 is 6.14. The molecule has 1 aliphatic rings. The molecule has 0 atom stereocenters. The molecule has 2 aromatic rings. The minimum absolute atomic E-state index is 0.0120. The number of benzene rings is 2. The van der Waals surface area contributed by atoms with E-state index in [1.807, 2.05) is 30.3 Å². The van der Waals surface area contributed by atoms with Crippen LogP contribution in [0.15, 0.2) is 36.4 Å². The Morgan fingerprint density at radius 1 is 1.10 bits per heavy atom. The first-order valence-electron chi connectivity index (χ1n) is 6.28. The van der Waals surface area contributed by atoms with Gasteiger partial charge in [0.25, 0.3) is 0 Å². The van der Waals surface area contributed by atoms with E-state index in [4.69, 9.17) is 8.38 Å². The number of carbonyl (C=O) groups is 2. The summed E-state index contributed by atoms with van der Waals surface area (Å²) in [6, 6.07) is 11.2. The molecule has 0 saturated carbocycles. The summed E-state index contributed by atoms with van der Waals surface area (Å²) in [4.78, 5) is 23.2. The summed E-state index contributed by atoms with van der Waals surface area (Å²) in [6.45, 7) is 1.41. The number of ketones is 1. The van der Waals surface area contributed by atoms with Gasteiger partial charge in [0, 0.05) is 0 Å². The summed E-state index contributed by atoms with van der Waals surface area (Å²) in [5.41, 5.74) is 9.75. The van der Waals surface area contributed by atoms with E-state index >= 15 is 0 Å². The molecule has 0 aromatic heterocycles. The van der Waals surface area contributed by atoms with E-state index in [2.05, 4.69) is 0 Å². The molecule has 0 fully saturated rings. The second-order valence-corrected chi connectivity index (χ2v) is 9.96. The monoisotopic (exact) mass is 455 g/mol. The molecule has 0 radical (unpaired) electrons. The number of nitrogens with two attached hydrogens (primary N) is 1. The molecule has 0 amide bonds. The third kappa shape index (κ3) is 2.14. The molecule has 2 N–H and O–H groups in total. The van der Waals surface area contributed by atoms with E-state index in [0.717, 1.165) is 14.2 Å². The zero-order valence-electron chi connectivity index (χ0n) is 11.0. The van der Waals surface area contributed by atoms with Gasteiger partial charge in [0.2, 0.25) is 0 Å².